The minimum Gasteiger partial charge on any atom is -0.383 e. The molecule has 1 aliphatic rings. The van der Waals surface area contributed by atoms with Gasteiger partial charge in [-0.15, -0.1) is 0 Å². The van der Waals surface area contributed by atoms with Crippen molar-refractivity contribution < 1.29 is 26.7 Å². The number of rotatable bonds is 2. The number of aryl methyl sites for hydroxylation is 1. The number of carbonyl (C=O) groups excluding carboxylic acids is 1. The Morgan fingerprint density at radius 1 is 1.18 bits per heavy atom. The van der Waals surface area contributed by atoms with E-state index >= 15 is 0 Å². The number of pyridine rings is 2. The highest BCUT2D eigenvalue weighted by Gasteiger charge is 2.52. The van der Waals surface area contributed by atoms with Crippen LogP contribution in [0, 0.1) is 0 Å². The second-order valence-corrected chi connectivity index (χ2v) is 8.25. The molecule has 34 heavy (non-hydrogen) atoms. The molecule has 0 saturated heterocycles. The van der Waals surface area contributed by atoms with Gasteiger partial charge < -0.3 is 10.6 Å². The zero-order valence-corrected chi connectivity index (χ0v) is 17.9. The van der Waals surface area contributed by atoms with E-state index in [9.17, 15) is 26.7 Å². The van der Waals surface area contributed by atoms with Crippen molar-refractivity contribution in [2.24, 2.45) is 7.05 Å². The monoisotopic (exact) mass is 476 g/mol. The average Bonchev–Trinajstić information content (AvgIpc) is 3.27. The number of benzene rings is 1. The van der Waals surface area contributed by atoms with E-state index in [1.54, 1.807) is 17.8 Å². The van der Waals surface area contributed by atoms with Gasteiger partial charge in [-0.2, -0.15) is 18.3 Å². The molecule has 176 valence electrons. The van der Waals surface area contributed by atoms with Gasteiger partial charge in [0.05, 0.1) is 34.7 Å². The van der Waals surface area contributed by atoms with Crippen molar-refractivity contribution in [1.82, 2.24) is 24.6 Å². The van der Waals surface area contributed by atoms with Crippen LogP contribution in [-0.4, -0.2) is 43.5 Å². The first-order valence-corrected chi connectivity index (χ1v) is 10.1. The van der Waals surface area contributed by atoms with E-state index in [2.05, 4.69) is 15.1 Å². The Hall–Kier alpha value is -3.83. The molecule has 0 spiro atoms. The predicted molar refractivity (Wildman–Crippen MR) is 113 cm³/mol. The van der Waals surface area contributed by atoms with Crippen LogP contribution in [0.4, 0.5) is 27.8 Å². The van der Waals surface area contributed by atoms with E-state index in [0.29, 0.717) is 27.9 Å². The lowest BCUT2D eigenvalue weighted by atomic mass is 10.0. The summed E-state index contributed by atoms with van der Waals surface area (Å²) in [5, 5.41) is 5.30. The number of hydrogen-bond acceptors (Lipinski definition) is 5. The lowest BCUT2D eigenvalue weighted by Gasteiger charge is -2.30. The van der Waals surface area contributed by atoms with Crippen molar-refractivity contribution >= 4 is 33.5 Å². The molecule has 1 aromatic carbocycles. The van der Waals surface area contributed by atoms with E-state index in [1.165, 1.54) is 25.4 Å². The van der Waals surface area contributed by atoms with Crippen LogP contribution in [0.3, 0.4) is 0 Å². The van der Waals surface area contributed by atoms with Crippen LogP contribution >= 0.6 is 0 Å². The lowest BCUT2D eigenvalue weighted by molar-refractivity contribution is -0.141. The Kier molecular flexibility index (Phi) is 4.58. The van der Waals surface area contributed by atoms with Crippen molar-refractivity contribution in [3.63, 3.8) is 0 Å². The van der Waals surface area contributed by atoms with E-state index < -0.39 is 36.2 Å². The van der Waals surface area contributed by atoms with Crippen LogP contribution in [0.1, 0.15) is 33.4 Å². The Bertz CT molecular complexity index is 1480. The molecule has 0 aliphatic heterocycles. The maximum atomic E-state index is 14.9. The van der Waals surface area contributed by atoms with Gasteiger partial charge in [0.1, 0.15) is 17.6 Å². The summed E-state index contributed by atoms with van der Waals surface area (Å²) in [4.78, 5) is 21.8. The summed E-state index contributed by atoms with van der Waals surface area (Å²) >= 11 is 0. The highest BCUT2D eigenvalue weighted by Crippen LogP contribution is 2.47. The van der Waals surface area contributed by atoms with E-state index in [0.717, 1.165) is 11.0 Å². The van der Waals surface area contributed by atoms with Gasteiger partial charge in [-0.1, -0.05) is 6.07 Å². The molecule has 0 radical (unpaired) electrons. The van der Waals surface area contributed by atoms with Crippen molar-refractivity contribution in [2.75, 3.05) is 12.8 Å². The van der Waals surface area contributed by atoms with Crippen molar-refractivity contribution in [1.29, 1.82) is 0 Å². The molecule has 0 bridgehead atoms. The maximum absolute atomic E-state index is 14.9. The molecular formula is C22H17F5N6O. The molecule has 0 fully saturated rings. The lowest BCUT2D eigenvalue weighted by Crippen LogP contribution is -2.39. The third-order valence-corrected chi connectivity index (χ3v) is 6.06. The zero-order chi connectivity index (χ0) is 24.6. The van der Waals surface area contributed by atoms with Crippen molar-refractivity contribution in [2.45, 2.75) is 24.6 Å². The number of aromatic nitrogens is 4. The second kappa shape index (κ2) is 7.08. The zero-order valence-electron chi connectivity index (χ0n) is 17.9. The molecule has 1 atom stereocenters. The van der Waals surface area contributed by atoms with Gasteiger partial charge in [0.15, 0.2) is 0 Å². The molecule has 1 amide bonds. The molecule has 3 aromatic heterocycles. The highest BCUT2D eigenvalue weighted by molar-refractivity contribution is 6.10. The number of carbonyl (C=O) groups is 1. The van der Waals surface area contributed by atoms with Gasteiger partial charge in [-0.25, -0.2) is 18.7 Å². The van der Waals surface area contributed by atoms with Gasteiger partial charge in [-0.3, -0.25) is 9.48 Å². The average molecular weight is 476 g/mol. The summed E-state index contributed by atoms with van der Waals surface area (Å²) in [7, 11) is 2.89. The molecule has 0 unspecified atom stereocenters. The molecule has 3 heterocycles. The van der Waals surface area contributed by atoms with Crippen molar-refractivity contribution in [3.8, 4) is 0 Å². The molecule has 12 heteroatoms. The molecule has 1 aliphatic carbocycles. The van der Waals surface area contributed by atoms with Gasteiger partial charge >= 0.3 is 6.18 Å². The molecule has 7 nitrogen and oxygen atoms in total. The van der Waals surface area contributed by atoms with Crippen LogP contribution in [-0.2, 0) is 19.6 Å². The molecular weight excluding hydrogens is 459 g/mol. The topological polar surface area (TPSA) is 89.9 Å². The molecule has 5 rings (SSSR count). The van der Waals surface area contributed by atoms with E-state index in [1.807, 2.05) is 0 Å². The summed E-state index contributed by atoms with van der Waals surface area (Å²) in [6.07, 6.45) is -4.22. The number of nitrogen functional groups attached to an aromatic ring is 1. The second-order valence-electron chi connectivity index (χ2n) is 8.25. The van der Waals surface area contributed by atoms with Crippen LogP contribution in [0.25, 0.3) is 21.8 Å². The Morgan fingerprint density at radius 3 is 2.62 bits per heavy atom. The van der Waals surface area contributed by atoms with Gasteiger partial charge in [-0.05, 0) is 24.3 Å². The number of fused-ring (bicyclic) bond motifs is 4. The molecule has 0 saturated carbocycles. The third kappa shape index (κ3) is 3.24. The smallest absolute Gasteiger partial charge is 0.383 e. The van der Waals surface area contributed by atoms with Gasteiger partial charge in [0, 0.05) is 30.6 Å². The summed E-state index contributed by atoms with van der Waals surface area (Å²) in [5.74, 6) is -3.96. The molecule has 2 N–H and O–H groups in total. The third-order valence-electron chi connectivity index (χ3n) is 6.06. The Labute approximate surface area is 189 Å². The minimum atomic E-state index is -4.76. The van der Waals surface area contributed by atoms with Crippen LogP contribution in [0.15, 0.2) is 36.5 Å². The van der Waals surface area contributed by atoms with Gasteiger partial charge in [0.2, 0.25) is 0 Å². The predicted octanol–water partition coefficient (Wildman–Crippen LogP) is 4.12. The fourth-order valence-electron chi connectivity index (χ4n) is 4.51. The fourth-order valence-corrected chi connectivity index (χ4v) is 4.51. The fraction of sp³-hybridized carbons (Fsp3) is 0.273. The number of hydrogen-bond donors (Lipinski definition) is 1. The van der Waals surface area contributed by atoms with Crippen LogP contribution in [0.5, 0.6) is 0 Å². The standard InChI is InChI=1S/C22H17F5N6O/c1-32(18-11-4-6-16(22(25,26)27)30-15(11)8-21(18,23)24)20(34)10-3-5-14-12(7-10)17-13(19(28)31-14)9-29-33(17)2/h3-7,9,18H,8H2,1-2H3,(H2,28,31)/t18-/m1/s1. The number of halogens is 5. The quantitative estimate of drug-likeness (QED) is 0.440. The van der Waals surface area contributed by atoms with Gasteiger partial charge in [0.25, 0.3) is 11.8 Å². The first-order chi connectivity index (χ1) is 15.9. The number of nitrogens with zero attached hydrogens (tertiary/aromatic N) is 5. The SMILES string of the molecule is CN(C(=O)c1ccc2nc(N)c3cnn(C)c3c2c1)[C@@H]1c2ccc(C(F)(F)F)nc2CC1(F)F. The Morgan fingerprint density at radius 2 is 1.91 bits per heavy atom. The summed E-state index contributed by atoms with van der Waals surface area (Å²) in [5.41, 5.74) is 5.46. The first-order valence-electron chi connectivity index (χ1n) is 10.1. The summed E-state index contributed by atoms with van der Waals surface area (Å²) in [6, 6.07) is 4.36. The number of amides is 1. The Balaban J connectivity index is 1.56. The molecule has 4 aromatic rings. The van der Waals surface area contributed by atoms with Crippen LogP contribution < -0.4 is 5.73 Å². The first kappa shape index (κ1) is 22.0. The van der Waals surface area contributed by atoms with Crippen molar-refractivity contribution in [3.05, 3.63) is 59.0 Å². The largest absolute Gasteiger partial charge is 0.433 e. The minimum absolute atomic E-state index is 0.105. The van der Waals surface area contributed by atoms with E-state index in [-0.39, 0.29) is 22.6 Å². The van der Waals surface area contributed by atoms with E-state index in [4.69, 9.17) is 5.73 Å². The van der Waals surface area contributed by atoms with Crippen LogP contribution in [0.2, 0.25) is 0 Å². The maximum Gasteiger partial charge on any atom is 0.433 e. The normalized spacial score (nSPS) is 17.3. The number of anilines is 1. The summed E-state index contributed by atoms with van der Waals surface area (Å²) in [6.45, 7) is 0. The highest BCUT2D eigenvalue weighted by atomic mass is 19.4. The number of alkyl halides is 5. The number of nitrogens with two attached hydrogens (primary N) is 1. The summed E-state index contributed by atoms with van der Waals surface area (Å²) < 4.78 is 70.4.